The van der Waals surface area contributed by atoms with Crippen molar-refractivity contribution in [1.29, 1.82) is 0 Å². The number of nitrogens with one attached hydrogen (secondary N) is 1. The van der Waals surface area contributed by atoms with Gasteiger partial charge in [0.25, 0.3) is 5.91 Å². The molecule has 0 aliphatic heterocycles. The fourth-order valence-corrected chi connectivity index (χ4v) is 1.98. The number of carbonyl (C=O) groups excluding carboxylic acids is 2. The van der Waals surface area contributed by atoms with Crippen LogP contribution in [0, 0.1) is 6.92 Å². The van der Waals surface area contributed by atoms with Crippen LogP contribution in [0.15, 0.2) is 30.5 Å². The van der Waals surface area contributed by atoms with E-state index in [1.165, 1.54) is 13.3 Å². The van der Waals surface area contributed by atoms with Crippen molar-refractivity contribution in [2.45, 2.75) is 20.4 Å². The van der Waals surface area contributed by atoms with Crippen molar-refractivity contribution >= 4 is 11.9 Å². The third-order valence-corrected chi connectivity index (χ3v) is 3.20. The number of methoxy groups -OCH3 is 1. The summed E-state index contributed by atoms with van der Waals surface area (Å²) in [5.74, 6) is -0.477. The minimum atomic E-state index is -0.502. The molecule has 24 heavy (non-hydrogen) atoms. The highest BCUT2D eigenvalue weighted by atomic mass is 16.5. The Balaban J connectivity index is 2.04. The number of pyridine rings is 2. The summed E-state index contributed by atoms with van der Waals surface area (Å²) < 4.78 is 10.00. The Kier molecular flexibility index (Phi) is 5.83. The number of ether oxygens (including phenoxy) is 2. The third-order valence-electron chi connectivity index (χ3n) is 3.20. The molecule has 2 aromatic heterocycles. The zero-order chi connectivity index (χ0) is 17.5. The number of hydrogen-bond acceptors (Lipinski definition) is 6. The van der Waals surface area contributed by atoms with Gasteiger partial charge in [-0.05, 0) is 37.6 Å². The normalized spacial score (nSPS) is 10.1. The lowest BCUT2D eigenvalue weighted by Gasteiger charge is -2.10. The van der Waals surface area contributed by atoms with E-state index in [0.717, 1.165) is 11.3 Å². The Morgan fingerprint density at radius 2 is 2.00 bits per heavy atom. The summed E-state index contributed by atoms with van der Waals surface area (Å²) in [6, 6.07) is 6.69. The third kappa shape index (κ3) is 4.28. The Morgan fingerprint density at radius 3 is 2.62 bits per heavy atom. The van der Waals surface area contributed by atoms with Gasteiger partial charge in [-0.15, -0.1) is 0 Å². The van der Waals surface area contributed by atoms with E-state index < -0.39 is 5.97 Å². The molecular weight excluding hydrogens is 310 g/mol. The van der Waals surface area contributed by atoms with E-state index in [0.29, 0.717) is 18.1 Å². The Bertz CT molecular complexity index is 729. The van der Waals surface area contributed by atoms with Gasteiger partial charge in [-0.1, -0.05) is 6.07 Å². The van der Waals surface area contributed by atoms with Crippen LogP contribution in [0.3, 0.4) is 0 Å². The van der Waals surface area contributed by atoms with Gasteiger partial charge in [0.05, 0.1) is 13.7 Å². The zero-order valence-corrected chi connectivity index (χ0v) is 13.8. The highest BCUT2D eigenvalue weighted by Gasteiger charge is 2.14. The number of hydrogen-bond donors (Lipinski definition) is 1. The molecule has 0 bridgehead atoms. The van der Waals surface area contributed by atoms with Gasteiger partial charge in [-0.25, -0.2) is 14.8 Å². The number of carbonyl (C=O) groups is 2. The molecule has 0 aliphatic carbocycles. The van der Waals surface area contributed by atoms with Crippen molar-refractivity contribution < 1.29 is 19.1 Å². The molecule has 0 fully saturated rings. The van der Waals surface area contributed by atoms with Crippen LogP contribution < -0.4 is 10.1 Å². The first kappa shape index (κ1) is 17.4. The number of aromatic nitrogens is 2. The molecule has 0 unspecified atom stereocenters. The van der Waals surface area contributed by atoms with Crippen molar-refractivity contribution in [2.75, 3.05) is 13.7 Å². The first-order valence-corrected chi connectivity index (χ1v) is 7.47. The van der Waals surface area contributed by atoms with Gasteiger partial charge in [0.15, 0.2) is 0 Å². The maximum absolute atomic E-state index is 12.3. The number of nitrogens with zero attached hydrogens (tertiary/aromatic N) is 2. The Hall–Kier alpha value is -2.96. The van der Waals surface area contributed by atoms with Crippen LogP contribution >= 0.6 is 0 Å². The lowest BCUT2D eigenvalue weighted by atomic mass is 10.2. The van der Waals surface area contributed by atoms with Gasteiger partial charge in [-0.3, -0.25) is 4.79 Å². The van der Waals surface area contributed by atoms with Crippen LogP contribution in [0.2, 0.25) is 0 Å². The van der Waals surface area contributed by atoms with E-state index >= 15 is 0 Å². The van der Waals surface area contributed by atoms with Crippen LogP contribution in [-0.2, 0) is 11.3 Å². The first-order chi connectivity index (χ1) is 11.5. The lowest BCUT2D eigenvalue weighted by molar-refractivity contribution is 0.0593. The van der Waals surface area contributed by atoms with Gasteiger partial charge in [-0.2, -0.15) is 0 Å². The van der Waals surface area contributed by atoms with E-state index in [4.69, 9.17) is 4.74 Å². The van der Waals surface area contributed by atoms with Gasteiger partial charge in [0.1, 0.15) is 11.3 Å². The van der Waals surface area contributed by atoms with Crippen LogP contribution in [0.25, 0.3) is 0 Å². The summed E-state index contributed by atoms with van der Waals surface area (Å²) in [5.41, 5.74) is 2.13. The molecule has 2 rings (SSSR count). The second-order valence-electron chi connectivity index (χ2n) is 4.96. The van der Waals surface area contributed by atoms with Crippen molar-refractivity contribution in [3.05, 3.63) is 53.0 Å². The highest BCUT2D eigenvalue weighted by Crippen LogP contribution is 2.16. The molecule has 1 amide bonds. The quantitative estimate of drug-likeness (QED) is 0.814. The van der Waals surface area contributed by atoms with Gasteiger partial charge >= 0.3 is 5.97 Å². The minimum absolute atomic E-state index is 0.217. The second-order valence-corrected chi connectivity index (χ2v) is 4.96. The van der Waals surface area contributed by atoms with E-state index in [-0.39, 0.29) is 18.1 Å². The molecular formula is C17H19N3O4. The van der Waals surface area contributed by atoms with Gasteiger partial charge < -0.3 is 14.8 Å². The van der Waals surface area contributed by atoms with Crippen molar-refractivity contribution in [1.82, 2.24) is 15.3 Å². The maximum atomic E-state index is 12.3. The van der Waals surface area contributed by atoms with E-state index in [9.17, 15) is 9.59 Å². The Morgan fingerprint density at radius 1 is 1.21 bits per heavy atom. The molecule has 2 aromatic rings. The molecule has 0 radical (unpaired) electrons. The van der Waals surface area contributed by atoms with Crippen LogP contribution in [0.1, 0.15) is 39.0 Å². The fourth-order valence-electron chi connectivity index (χ4n) is 1.98. The number of rotatable bonds is 6. The summed E-state index contributed by atoms with van der Waals surface area (Å²) in [6.07, 6.45) is 1.52. The predicted molar refractivity (Wildman–Crippen MR) is 86.9 cm³/mol. The monoisotopic (exact) mass is 329 g/mol. The smallest absolute Gasteiger partial charge is 0.356 e. The molecule has 0 saturated carbocycles. The number of aryl methyl sites for hydroxylation is 1. The van der Waals surface area contributed by atoms with E-state index in [1.807, 2.05) is 13.8 Å². The molecule has 0 saturated heterocycles. The highest BCUT2D eigenvalue weighted by molar-refractivity contribution is 5.96. The van der Waals surface area contributed by atoms with Crippen LogP contribution in [-0.4, -0.2) is 35.6 Å². The average molecular weight is 329 g/mol. The van der Waals surface area contributed by atoms with Crippen molar-refractivity contribution in [3.63, 3.8) is 0 Å². The summed E-state index contributed by atoms with van der Waals surface area (Å²) in [4.78, 5) is 31.9. The van der Waals surface area contributed by atoms with E-state index in [1.54, 1.807) is 24.3 Å². The number of amides is 1. The number of esters is 1. The zero-order valence-electron chi connectivity index (χ0n) is 13.8. The molecule has 7 nitrogen and oxygen atoms in total. The van der Waals surface area contributed by atoms with Crippen LogP contribution in [0.5, 0.6) is 5.88 Å². The lowest BCUT2D eigenvalue weighted by Crippen LogP contribution is -2.24. The molecule has 126 valence electrons. The topological polar surface area (TPSA) is 90.4 Å². The molecule has 1 N–H and O–H groups in total. The molecule has 0 atom stereocenters. The standard InChI is InChI=1S/C17H19N3O4/c1-4-24-16-13(7-5-11(2)20-16)15(21)19-10-12-6-8-14(18-9-12)17(22)23-3/h5-9H,4,10H2,1-3H3,(H,19,21). The van der Waals surface area contributed by atoms with Gasteiger partial charge in [0, 0.05) is 18.4 Å². The Labute approximate surface area is 140 Å². The van der Waals surface area contributed by atoms with Gasteiger partial charge in [0.2, 0.25) is 5.88 Å². The molecule has 0 spiro atoms. The second kappa shape index (κ2) is 8.05. The largest absolute Gasteiger partial charge is 0.477 e. The molecule has 0 aromatic carbocycles. The maximum Gasteiger partial charge on any atom is 0.356 e. The van der Waals surface area contributed by atoms with Crippen molar-refractivity contribution in [2.24, 2.45) is 0 Å². The summed E-state index contributed by atoms with van der Waals surface area (Å²) >= 11 is 0. The summed E-state index contributed by atoms with van der Waals surface area (Å²) in [5, 5.41) is 2.78. The minimum Gasteiger partial charge on any atom is -0.477 e. The molecule has 7 heteroatoms. The summed E-state index contributed by atoms with van der Waals surface area (Å²) in [7, 11) is 1.30. The van der Waals surface area contributed by atoms with Crippen LogP contribution in [0.4, 0.5) is 0 Å². The SMILES string of the molecule is CCOc1nc(C)ccc1C(=O)NCc1ccc(C(=O)OC)nc1. The fraction of sp³-hybridized carbons (Fsp3) is 0.294. The summed E-state index contributed by atoms with van der Waals surface area (Å²) in [6.45, 7) is 4.36. The predicted octanol–water partition coefficient (Wildman–Crippen LogP) is 1.90. The van der Waals surface area contributed by atoms with E-state index in [2.05, 4.69) is 20.0 Å². The van der Waals surface area contributed by atoms with Crippen molar-refractivity contribution in [3.8, 4) is 5.88 Å². The molecule has 2 heterocycles. The average Bonchev–Trinajstić information content (AvgIpc) is 2.60. The molecule has 0 aliphatic rings. The first-order valence-electron chi connectivity index (χ1n) is 7.47.